The number of nitrogens with one attached hydrogen (secondary N) is 1. The van der Waals surface area contributed by atoms with Crippen LogP contribution in [0.15, 0.2) is 55.3 Å². The van der Waals surface area contributed by atoms with Gasteiger partial charge < -0.3 is 29.9 Å². The van der Waals surface area contributed by atoms with Gasteiger partial charge in [-0.2, -0.15) is 10.3 Å². The lowest BCUT2D eigenvalue weighted by Gasteiger charge is -2.44. The van der Waals surface area contributed by atoms with Crippen LogP contribution in [0, 0.1) is 11.5 Å². The Hall–Kier alpha value is -2.48. The monoisotopic (exact) mass is 798 g/mol. The third-order valence-corrected chi connectivity index (χ3v) is 9.64. The molecule has 2 aromatic carbocycles. The summed E-state index contributed by atoms with van der Waals surface area (Å²) in [4.78, 5) is 14.8. The van der Waals surface area contributed by atoms with Crippen molar-refractivity contribution in [2.75, 3.05) is 40.5 Å². The maximum atomic E-state index is 8.94. The van der Waals surface area contributed by atoms with E-state index in [1.54, 1.807) is 12.5 Å². The minimum Gasteiger partial charge on any atom is -0.487 e. The van der Waals surface area contributed by atoms with Gasteiger partial charge in [-0.3, -0.25) is 0 Å². The fraction of sp³-hybridized carbons (Fsp3) is 0.531. The van der Waals surface area contributed by atoms with E-state index in [1.807, 2.05) is 42.6 Å². The molecule has 2 fully saturated rings. The van der Waals surface area contributed by atoms with Crippen LogP contribution in [0.25, 0.3) is 0 Å². The Morgan fingerprint density at radius 3 is 2.19 bits per heavy atom. The summed E-state index contributed by atoms with van der Waals surface area (Å²) in [5, 5.41) is 17.8. The van der Waals surface area contributed by atoms with E-state index in [0.717, 1.165) is 89.0 Å². The Morgan fingerprint density at radius 1 is 0.957 bits per heavy atom. The second-order valence-corrected chi connectivity index (χ2v) is 13.7. The van der Waals surface area contributed by atoms with Crippen molar-refractivity contribution in [2.45, 2.75) is 68.3 Å². The highest BCUT2D eigenvalue weighted by molar-refractivity contribution is 9.10. The molecular weight excluding hydrogens is 760 g/mol. The lowest BCUT2D eigenvalue weighted by atomic mass is 9.80. The summed E-state index contributed by atoms with van der Waals surface area (Å²) in [5.41, 5.74) is 8.98. The molecule has 256 valence electrons. The molecule has 0 saturated carbocycles. The Labute approximate surface area is 298 Å². The average Bonchev–Trinajstić information content (AvgIpc) is 3.21. The number of hydrogen-bond donors (Lipinski definition) is 3. The van der Waals surface area contributed by atoms with Crippen LogP contribution in [0.3, 0.4) is 0 Å². The predicted octanol–water partition coefficient (Wildman–Crippen LogP) is 5.97. The number of guanidine groups is 1. The number of halogens is 3. The van der Waals surface area contributed by atoms with Gasteiger partial charge in [-0.25, -0.2) is 20.4 Å². The molecule has 0 aliphatic carbocycles. The zero-order valence-electron chi connectivity index (χ0n) is 26.5. The van der Waals surface area contributed by atoms with Crippen LogP contribution in [-0.4, -0.2) is 73.7 Å². The van der Waals surface area contributed by atoms with Gasteiger partial charge in [-0.05, 0) is 62.1 Å². The van der Waals surface area contributed by atoms with Crippen LogP contribution in [0.1, 0.15) is 62.5 Å². The molecule has 2 aromatic rings. The van der Waals surface area contributed by atoms with Gasteiger partial charge in [0.25, 0.3) is 0 Å². The summed E-state index contributed by atoms with van der Waals surface area (Å²) in [6.07, 6.45) is 8.71. The van der Waals surface area contributed by atoms with Gasteiger partial charge >= 0.3 is 0 Å². The second-order valence-electron chi connectivity index (χ2n) is 11.9. The zero-order chi connectivity index (χ0) is 32.8. The van der Waals surface area contributed by atoms with E-state index in [-0.39, 0.29) is 23.6 Å². The maximum Gasteiger partial charge on any atom is 0.222 e. The Morgan fingerprint density at radius 2 is 1.55 bits per heavy atom. The number of rotatable bonds is 0. The van der Waals surface area contributed by atoms with Crippen molar-refractivity contribution < 1.29 is 29.0 Å². The normalized spacial score (nSPS) is 28.4. The predicted molar refractivity (Wildman–Crippen MR) is 186 cm³/mol. The fourth-order valence-corrected chi connectivity index (χ4v) is 7.32. The molecule has 5 heterocycles. The third kappa shape index (κ3) is 8.58. The topological polar surface area (TPSA) is 156 Å². The number of benzene rings is 2. The van der Waals surface area contributed by atoms with Crippen LogP contribution in [0.4, 0.5) is 0 Å². The molecule has 0 bridgehead atoms. The number of ether oxygens (including phenoxy) is 4. The highest BCUT2D eigenvalue weighted by Crippen LogP contribution is 2.52. The molecule has 4 N–H and O–H groups in total. The van der Waals surface area contributed by atoms with Crippen molar-refractivity contribution in [2.24, 2.45) is 15.7 Å². The Kier molecular flexibility index (Phi) is 12.9. The van der Waals surface area contributed by atoms with Gasteiger partial charge in [0.05, 0.1) is 24.5 Å². The molecule has 15 heteroatoms. The summed E-state index contributed by atoms with van der Waals surface area (Å²) >= 11 is 6.98. The van der Waals surface area contributed by atoms with Gasteiger partial charge in [0.15, 0.2) is 0 Å². The number of nitrogens with zero attached hydrogens (tertiary/aromatic N) is 4. The van der Waals surface area contributed by atoms with Crippen molar-refractivity contribution in [3.63, 3.8) is 0 Å². The van der Waals surface area contributed by atoms with Crippen molar-refractivity contribution >= 4 is 55.9 Å². The van der Waals surface area contributed by atoms with E-state index in [2.05, 4.69) is 41.8 Å². The van der Waals surface area contributed by atoms with E-state index in [1.165, 1.54) is 12.1 Å². The van der Waals surface area contributed by atoms with E-state index in [4.69, 9.17) is 40.0 Å². The van der Waals surface area contributed by atoms with Crippen molar-refractivity contribution in [3.8, 4) is 17.7 Å². The molecule has 7 rings (SSSR count). The average molecular weight is 801 g/mol. The molecule has 2 saturated heterocycles. The first-order chi connectivity index (χ1) is 22.2. The summed E-state index contributed by atoms with van der Waals surface area (Å²) in [6.45, 7) is 2.95. The van der Waals surface area contributed by atoms with Crippen LogP contribution < -0.4 is 20.7 Å². The van der Waals surface area contributed by atoms with Crippen molar-refractivity contribution in [3.05, 3.63) is 56.5 Å². The zero-order valence-corrected chi connectivity index (χ0v) is 30.5. The van der Waals surface area contributed by atoms with Crippen LogP contribution in [0.5, 0.6) is 11.5 Å². The molecule has 12 nitrogen and oxygen atoms in total. The first-order valence-electron chi connectivity index (χ1n) is 15.3. The molecule has 3 atom stereocenters. The van der Waals surface area contributed by atoms with Gasteiger partial charge in [-0.1, -0.05) is 31.9 Å². The molecule has 3 spiro atoms. The summed E-state index contributed by atoms with van der Waals surface area (Å²) in [6, 6.07) is 11.8. The number of nitrogens with two attached hydrogens (primary N) is 1. The fourth-order valence-electron chi connectivity index (χ4n) is 6.60. The van der Waals surface area contributed by atoms with Crippen LogP contribution in [-0.2, 0) is 20.0 Å². The van der Waals surface area contributed by atoms with Crippen molar-refractivity contribution in [1.82, 2.24) is 10.5 Å². The first-order valence-corrected chi connectivity index (χ1v) is 16.9. The number of fused-ring (bicyclic) bond motifs is 3. The standard InChI is InChI=1S/C16H20BrN3O3.C15H15BrN2O2.CH5NO.ClH/c1-20-14(18)19-16(23-20)10-15(5-2-7-21-8-6-15)22-13-4-3-11(17)9-12(13)16;16-11-2-3-14-12(8-11)13(18-10-17)9-15(20-14)4-1-6-19-7-5-15;1-2-3;/h3-4,9H,2,5-8,10H2,1H3,(H2,18,19);2-3,8H,1,4-7,9H2;2-3H,1H3;1H. The third-order valence-electron chi connectivity index (χ3n) is 8.66. The van der Waals surface area contributed by atoms with Gasteiger partial charge in [0.1, 0.15) is 22.7 Å². The second kappa shape index (κ2) is 16.3. The number of hydrogen-bond acceptors (Lipinski definition) is 12. The van der Waals surface area contributed by atoms with Gasteiger partial charge in [0.2, 0.25) is 17.9 Å². The molecule has 0 amide bonds. The SMILES string of the molecule is CN1OC2(CC3(CCCOCC3)Oc3ccc(Br)cc32)N=C1N.CNO.Cl.N#CN=C1CC2(CCCOCC2)Oc2ccc(Br)cc21. The van der Waals surface area contributed by atoms with Crippen LogP contribution in [0.2, 0.25) is 0 Å². The largest absolute Gasteiger partial charge is 0.487 e. The van der Waals surface area contributed by atoms with Gasteiger partial charge in [0, 0.05) is 67.5 Å². The Balaban J connectivity index is 0.000000194. The molecule has 47 heavy (non-hydrogen) atoms. The summed E-state index contributed by atoms with van der Waals surface area (Å²) in [7, 11) is 3.21. The van der Waals surface area contributed by atoms with Crippen molar-refractivity contribution in [1.29, 1.82) is 5.26 Å². The smallest absolute Gasteiger partial charge is 0.222 e. The highest BCUT2D eigenvalue weighted by Gasteiger charge is 2.54. The highest BCUT2D eigenvalue weighted by atomic mass is 79.9. The first kappa shape index (κ1) is 37.3. The van der Waals surface area contributed by atoms with Crippen LogP contribution >= 0.6 is 44.3 Å². The van der Waals surface area contributed by atoms with Gasteiger partial charge in [-0.15, -0.1) is 12.4 Å². The molecule has 5 aliphatic rings. The lowest BCUT2D eigenvalue weighted by Crippen LogP contribution is -2.48. The van der Waals surface area contributed by atoms with E-state index >= 15 is 0 Å². The summed E-state index contributed by atoms with van der Waals surface area (Å²) < 4.78 is 25.8. The molecule has 3 unspecified atom stereocenters. The number of aliphatic imine (C=N–C) groups is 2. The molecular formula is C32H41Br2ClN6O6. The van der Waals surface area contributed by atoms with E-state index in [0.29, 0.717) is 32.0 Å². The minimum atomic E-state index is -0.819. The minimum absolute atomic E-state index is 0. The van der Waals surface area contributed by atoms with E-state index < -0.39 is 5.72 Å². The summed E-state index contributed by atoms with van der Waals surface area (Å²) in [5.74, 6) is 2.02. The Bertz CT molecular complexity index is 1490. The number of hydroxylamine groups is 3. The molecule has 5 aliphatic heterocycles. The quantitative estimate of drug-likeness (QED) is 0.214. The molecule has 0 radical (unpaired) electrons. The van der Waals surface area contributed by atoms with E-state index in [9.17, 15) is 0 Å². The molecule has 0 aromatic heterocycles. The number of nitriles is 1. The maximum absolute atomic E-state index is 8.94. The lowest BCUT2D eigenvalue weighted by molar-refractivity contribution is -0.205.